The summed E-state index contributed by atoms with van der Waals surface area (Å²) >= 11 is 0. The van der Waals surface area contributed by atoms with Gasteiger partial charge >= 0.3 is 12.1 Å². The third-order valence-corrected chi connectivity index (χ3v) is 17.0. The third kappa shape index (κ3) is 17.4. The van der Waals surface area contributed by atoms with Crippen molar-refractivity contribution in [3.05, 3.63) is 271 Å². The molecule has 12 rings (SSSR count). The van der Waals surface area contributed by atoms with Crippen molar-refractivity contribution in [3.8, 4) is 22.5 Å². The summed E-state index contributed by atoms with van der Waals surface area (Å²) in [6, 6.07) is 39.1. The highest BCUT2D eigenvalue weighted by Crippen LogP contribution is 2.31. The van der Waals surface area contributed by atoms with Gasteiger partial charge in [-0.25, -0.2) is 55.3 Å². The summed E-state index contributed by atoms with van der Waals surface area (Å²) in [4.78, 5) is 97.0. The number of hydrogen-bond donors (Lipinski definition) is 6. The quantitative estimate of drug-likeness (QED) is 0.0181. The molecule has 0 atom stereocenters. The van der Waals surface area contributed by atoms with Crippen LogP contribution in [0.2, 0.25) is 0 Å². The summed E-state index contributed by atoms with van der Waals surface area (Å²) in [7, 11) is 3.72. The number of aromatic nitrogens is 12. The molecule has 0 unspecified atom stereocenters. The van der Waals surface area contributed by atoms with Crippen molar-refractivity contribution in [2.75, 3.05) is 51.0 Å². The van der Waals surface area contributed by atoms with Crippen molar-refractivity contribution in [2.45, 2.75) is 79.3 Å². The average molecular weight is 1430 g/mol. The first-order valence-corrected chi connectivity index (χ1v) is 33.7. The zero-order valence-electron chi connectivity index (χ0n) is 57.7. The van der Waals surface area contributed by atoms with Crippen LogP contribution >= 0.6 is 0 Å². The van der Waals surface area contributed by atoms with Crippen molar-refractivity contribution in [1.29, 1.82) is 0 Å². The van der Waals surface area contributed by atoms with Crippen LogP contribution in [0.1, 0.15) is 79.6 Å². The van der Waals surface area contributed by atoms with Gasteiger partial charge in [0.25, 0.3) is 22.9 Å². The summed E-state index contributed by atoms with van der Waals surface area (Å²) in [6.07, 6.45) is 5.64. The van der Waals surface area contributed by atoms with Crippen LogP contribution in [0.25, 0.3) is 34.1 Å². The Hall–Kier alpha value is -12.5. The fourth-order valence-corrected chi connectivity index (χ4v) is 12.0. The van der Waals surface area contributed by atoms with E-state index in [0.717, 1.165) is 35.4 Å². The number of nitrogens with one attached hydrogen (secondary N) is 6. The van der Waals surface area contributed by atoms with Crippen molar-refractivity contribution >= 4 is 46.8 Å². The minimum absolute atomic E-state index is 0.0110. The summed E-state index contributed by atoms with van der Waals surface area (Å²) in [6.45, 7) is 5.15. The number of ether oxygens (including phenoxy) is 1. The Balaban J connectivity index is 0.712. The van der Waals surface area contributed by atoms with Gasteiger partial charge in [-0.3, -0.25) is 29.0 Å². The molecule has 0 aliphatic heterocycles. The maximum absolute atomic E-state index is 15.5. The highest BCUT2D eigenvalue weighted by molar-refractivity contribution is 5.95. The normalized spacial score (nSPS) is 11.4. The van der Waals surface area contributed by atoms with Crippen molar-refractivity contribution in [2.24, 2.45) is 0 Å². The van der Waals surface area contributed by atoms with E-state index in [0.29, 0.717) is 82.8 Å². The van der Waals surface area contributed by atoms with Crippen LogP contribution in [0.15, 0.2) is 180 Å². The molecule has 6 N–H and O–H groups in total. The maximum Gasteiger partial charge on any atom is 0.319 e. The van der Waals surface area contributed by atoms with Crippen LogP contribution < -0.4 is 43.0 Å². The summed E-state index contributed by atoms with van der Waals surface area (Å²) < 4.78 is 76.0. The molecule has 6 aromatic heterocycles. The lowest BCUT2D eigenvalue weighted by Gasteiger charge is -2.18. The number of amides is 6. The molecule has 0 radical (unpaired) electrons. The number of urea groups is 2. The van der Waals surface area contributed by atoms with Crippen LogP contribution in [0, 0.1) is 23.3 Å². The van der Waals surface area contributed by atoms with E-state index in [1.807, 2.05) is 84.6 Å². The van der Waals surface area contributed by atoms with Gasteiger partial charge in [-0.05, 0) is 87.6 Å². The molecule has 12 aromatic rings. The SMILES string of the molecule is CCNC(=O)Nc1ccc(-c2nc3n(Cc4c(F)cccc4F)cc(C(=O)NCc4cn(CCOCCn5cc(CNC(=O)c6cn(Cc7c(F)cccc7F)c7nc(-c8ccc(NC(=O)NCC)cc8)c(CN(C)Cc8ccccc8)n7c6=O)nn5)nn4)c(=O)n3c2CN(C)Cc2ccccc2)cc1. The van der Waals surface area contributed by atoms with E-state index in [4.69, 9.17) is 14.7 Å². The van der Waals surface area contributed by atoms with Crippen LogP contribution in [0.3, 0.4) is 0 Å². The number of nitrogens with zero attached hydrogens (tertiary/aromatic N) is 14. The Morgan fingerprint density at radius 3 is 1.22 bits per heavy atom. The third-order valence-electron chi connectivity index (χ3n) is 17.0. The summed E-state index contributed by atoms with van der Waals surface area (Å²) in [5.41, 5.74) is 3.33. The molecule has 0 spiro atoms. The summed E-state index contributed by atoms with van der Waals surface area (Å²) in [5, 5.41) is 33.2. The number of halogens is 4. The van der Waals surface area contributed by atoms with Gasteiger partial charge in [0.05, 0.1) is 87.7 Å². The molecule has 0 saturated carbocycles. The fraction of sp³-hybridized carbons (Fsp3) is 0.243. The lowest BCUT2D eigenvalue weighted by Crippen LogP contribution is -2.34. The molecular formula is C74H74F4N20O7. The number of hydrogen-bond acceptors (Lipinski definition) is 15. The van der Waals surface area contributed by atoms with Gasteiger partial charge in [-0.2, -0.15) is 0 Å². The molecule has 0 fully saturated rings. The first-order chi connectivity index (χ1) is 50.9. The number of carbonyl (C=O) groups excluding carboxylic acids is 4. The van der Waals surface area contributed by atoms with Gasteiger partial charge in [-0.15, -0.1) is 10.2 Å². The number of benzene rings is 6. The average Bonchev–Trinajstić information content (AvgIpc) is 1.61. The van der Waals surface area contributed by atoms with Crippen molar-refractivity contribution in [1.82, 2.24) is 89.0 Å². The van der Waals surface area contributed by atoms with Crippen LogP contribution in [-0.4, -0.2) is 132 Å². The minimum atomic E-state index is -0.845. The van der Waals surface area contributed by atoms with Gasteiger partial charge in [0.1, 0.15) is 45.8 Å². The monoisotopic (exact) mass is 1430 g/mol. The molecule has 0 aliphatic carbocycles. The van der Waals surface area contributed by atoms with E-state index in [-0.39, 0.29) is 86.3 Å². The number of imidazole rings is 2. The van der Waals surface area contributed by atoms with Gasteiger partial charge in [0.2, 0.25) is 11.6 Å². The molecule has 27 nitrogen and oxygen atoms in total. The van der Waals surface area contributed by atoms with Gasteiger partial charge in [0, 0.05) is 85.3 Å². The standard InChI is InChI=1S/C74H74F4N20O7/c1-5-79-71(103)83-51-27-23-49(24-28-51)65-63(45-91(3)37-47-15-9-7-10-16-47)97-69(101)57(43-93(73(97)85-65)41-55-59(75)19-13-20-60(55)76)67(99)81-35-53-39-95(89-87-53)31-33-105-34-32-96-40-54(88-90-96)36-82-68(100)58-44-94(42-56-61(77)21-14-22-62(56)78)74-86-66(50-25-29-52(30-26-50)84-72(104)80-6-2)64(98(74)70(58)102)46-92(4)38-48-17-11-8-12-18-48/h7-30,39-40,43-44H,5-6,31-38,41-42,45-46H2,1-4H3,(H,81,99)(H,82,100)(H2,79,83,103)(H2,80,84,104). The largest absolute Gasteiger partial charge is 0.378 e. The first-order valence-electron chi connectivity index (χ1n) is 33.7. The first kappa shape index (κ1) is 72.3. The van der Waals surface area contributed by atoms with Crippen LogP contribution in [0.5, 0.6) is 0 Å². The molecule has 6 amide bonds. The second-order valence-electron chi connectivity index (χ2n) is 24.8. The van der Waals surface area contributed by atoms with E-state index in [1.54, 1.807) is 74.8 Å². The van der Waals surface area contributed by atoms with Crippen molar-refractivity contribution in [3.63, 3.8) is 0 Å². The molecule has 6 heterocycles. The van der Waals surface area contributed by atoms with Gasteiger partial charge in [0.15, 0.2) is 0 Å². The number of fused-ring (bicyclic) bond motifs is 2. The fourth-order valence-electron chi connectivity index (χ4n) is 12.0. The Morgan fingerprint density at radius 1 is 0.467 bits per heavy atom. The molecule has 105 heavy (non-hydrogen) atoms. The van der Waals surface area contributed by atoms with Crippen molar-refractivity contribution < 1.29 is 41.5 Å². The Labute approximate surface area is 598 Å². The topological polar surface area (TPSA) is 296 Å². The van der Waals surface area contributed by atoms with E-state index < -0.39 is 71.4 Å². The Morgan fingerprint density at radius 2 is 0.848 bits per heavy atom. The minimum Gasteiger partial charge on any atom is -0.378 e. The second kappa shape index (κ2) is 33.1. The molecule has 0 saturated heterocycles. The van der Waals surface area contributed by atoms with E-state index in [1.165, 1.54) is 51.8 Å². The van der Waals surface area contributed by atoms with Gasteiger partial charge < -0.3 is 45.8 Å². The van der Waals surface area contributed by atoms with E-state index >= 15 is 17.6 Å². The predicted octanol–water partition coefficient (Wildman–Crippen LogP) is 8.60. The lowest BCUT2D eigenvalue weighted by atomic mass is 10.1. The summed E-state index contributed by atoms with van der Waals surface area (Å²) in [5.74, 6) is -4.98. The molecule has 0 aliphatic rings. The highest BCUT2D eigenvalue weighted by atomic mass is 19.1. The lowest BCUT2D eigenvalue weighted by molar-refractivity contribution is 0.0939. The highest BCUT2D eigenvalue weighted by Gasteiger charge is 2.28. The van der Waals surface area contributed by atoms with E-state index in [2.05, 4.69) is 52.5 Å². The molecule has 31 heteroatoms. The Bertz CT molecular complexity index is 4870. The molecule has 0 bridgehead atoms. The van der Waals surface area contributed by atoms with Crippen LogP contribution in [0.4, 0.5) is 38.5 Å². The van der Waals surface area contributed by atoms with Gasteiger partial charge in [-0.1, -0.05) is 107 Å². The molecule has 6 aromatic carbocycles. The number of carbonyl (C=O) groups is 4. The number of rotatable bonds is 30. The smallest absolute Gasteiger partial charge is 0.319 e. The molecular weight excluding hydrogens is 1360 g/mol. The zero-order valence-corrected chi connectivity index (χ0v) is 57.7. The molecule has 540 valence electrons. The zero-order chi connectivity index (χ0) is 73.7. The second-order valence-corrected chi connectivity index (χ2v) is 24.8. The predicted molar refractivity (Wildman–Crippen MR) is 383 cm³/mol. The maximum atomic E-state index is 15.5. The number of anilines is 2. The Kier molecular flexibility index (Phi) is 22.8. The van der Waals surface area contributed by atoms with E-state index in [9.17, 15) is 28.8 Å². The van der Waals surface area contributed by atoms with Crippen LogP contribution in [-0.2, 0) is 70.2 Å².